The van der Waals surface area contributed by atoms with E-state index in [1.54, 1.807) is 18.2 Å². The van der Waals surface area contributed by atoms with Gasteiger partial charge in [-0.3, -0.25) is 9.59 Å². The predicted molar refractivity (Wildman–Crippen MR) is 69.5 cm³/mol. The molecular formula is C11H13BrN2O4. The number of anilines is 1. The number of benzene rings is 1. The summed E-state index contributed by atoms with van der Waals surface area (Å²) < 4.78 is 0.803. The van der Waals surface area contributed by atoms with E-state index in [9.17, 15) is 9.59 Å². The number of carbonyl (C=O) groups is 2. The maximum absolute atomic E-state index is 10.8. The van der Waals surface area contributed by atoms with Crippen molar-refractivity contribution in [3.05, 3.63) is 28.2 Å². The smallest absolute Gasteiger partial charge is 0.323 e. The Bertz CT molecular complexity index is 448. The molecule has 7 heteroatoms. The first-order valence-electron chi connectivity index (χ1n) is 5.11. The van der Waals surface area contributed by atoms with Gasteiger partial charge in [-0.05, 0) is 23.8 Å². The summed E-state index contributed by atoms with van der Waals surface area (Å²) in [4.78, 5) is 22.8. The van der Waals surface area contributed by atoms with Gasteiger partial charge in [-0.25, -0.2) is 0 Å². The Labute approximate surface area is 112 Å². The molecule has 4 N–H and O–H groups in total. The number of rotatable bonds is 6. The first-order valence-corrected chi connectivity index (χ1v) is 5.90. The fourth-order valence-electron chi connectivity index (χ4n) is 1.58. The summed E-state index contributed by atoms with van der Waals surface area (Å²) in [5, 5.41) is 17.6. The van der Waals surface area contributed by atoms with Gasteiger partial charge in [0.25, 0.3) is 0 Å². The minimum Gasteiger partial charge on any atom is -0.480 e. The average molecular weight is 317 g/mol. The highest BCUT2D eigenvalue weighted by atomic mass is 79.9. The summed E-state index contributed by atoms with van der Waals surface area (Å²) in [6.45, 7) is -0.577. The van der Waals surface area contributed by atoms with E-state index < -0.39 is 11.9 Å². The van der Waals surface area contributed by atoms with Crippen LogP contribution in [0.25, 0.3) is 0 Å². The molecule has 1 aromatic carbocycles. The van der Waals surface area contributed by atoms with Gasteiger partial charge >= 0.3 is 11.9 Å². The third-order valence-corrected chi connectivity index (χ3v) is 2.75. The van der Waals surface area contributed by atoms with E-state index in [0.29, 0.717) is 11.3 Å². The number of nitrogens with two attached hydrogens (primary N) is 1. The van der Waals surface area contributed by atoms with Gasteiger partial charge in [-0.15, -0.1) is 0 Å². The van der Waals surface area contributed by atoms with Crippen molar-refractivity contribution < 1.29 is 19.8 Å². The van der Waals surface area contributed by atoms with Crippen LogP contribution in [-0.2, 0) is 16.1 Å². The van der Waals surface area contributed by atoms with Gasteiger partial charge in [-0.2, -0.15) is 0 Å². The van der Waals surface area contributed by atoms with Crippen LogP contribution in [0.1, 0.15) is 5.56 Å². The van der Waals surface area contributed by atoms with Gasteiger partial charge < -0.3 is 20.8 Å². The molecule has 0 saturated carbocycles. The van der Waals surface area contributed by atoms with Crippen molar-refractivity contribution in [3.63, 3.8) is 0 Å². The van der Waals surface area contributed by atoms with E-state index in [-0.39, 0.29) is 19.6 Å². The Morgan fingerprint density at radius 2 is 1.78 bits per heavy atom. The van der Waals surface area contributed by atoms with Crippen LogP contribution in [0.4, 0.5) is 5.69 Å². The number of hydrogen-bond donors (Lipinski definition) is 3. The number of nitrogens with zero attached hydrogens (tertiary/aromatic N) is 1. The first kappa shape index (κ1) is 14.5. The molecule has 0 bridgehead atoms. The molecule has 0 atom stereocenters. The summed E-state index contributed by atoms with van der Waals surface area (Å²) in [6.07, 6.45) is 0. The molecule has 0 amide bonds. The molecule has 0 aromatic heterocycles. The molecule has 0 fully saturated rings. The molecule has 0 spiro atoms. The molecular weight excluding hydrogens is 304 g/mol. The van der Waals surface area contributed by atoms with Crippen LogP contribution in [0, 0.1) is 0 Å². The van der Waals surface area contributed by atoms with Crippen LogP contribution in [-0.4, -0.2) is 35.2 Å². The van der Waals surface area contributed by atoms with Crippen molar-refractivity contribution in [1.82, 2.24) is 0 Å². The fraction of sp³-hybridized carbons (Fsp3) is 0.273. The lowest BCUT2D eigenvalue weighted by Crippen LogP contribution is -2.35. The van der Waals surface area contributed by atoms with Crippen molar-refractivity contribution in [2.45, 2.75) is 6.54 Å². The average Bonchev–Trinajstić information content (AvgIpc) is 2.26. The summed E-state index contributed by atoms with van der Waals surface area (Å²) in [5.74, 6) is -2.19. The number of carboxylic acids is 2. The summed E-state index contributed by atoms with van der Waals surface area (Å²) in [5.41, 5.74) is 6.78. The second-order valence-corrected chi connectivity index (χ2v) is 4.54. The van der Waals surface area contributed by atoms with Gasteiger partial charge in [0.1, 0.15) is 13.1 Å². The van der Waals surface area contributed by atoms with Gasteiger partial charge in [0.05, 0.1) is 0 Å². The van der Waals surface area contributed by atoms with Crippen LogP contribution in [0.2, 0.25) is 0 Å². The minimum atomic E-state index is -1.10. The fourth-order valence-corrected chi connectivity index (χ4v) is 1.99. The molecule has 0 saturated heterocycles. The molecule has 0 unspecified atom stereocenters. The molecule has 98 valence electrons. The van der Waals surface area contributed by atoms with Crippen LogP contribution < -0.4 is 10.6 Å². The maximum atomic E-state index is 10.8. The van der Waals surface area contributed by atoms with Crippen molar-refractivity contribution in [2.24, 2.45) is 5.73 Å². The summed E-state index contributed by atoms with van der Waals surface area (Å²) in [6, 6.07) is 5.11. The zero-order valence-electron chi connectivity index (χ0n) is 9.47. The third-order valence-electron chi connectivity index (χ3n) is 2.25. The lowest BCUT2D eigenvalue weighted by Gasteiger charge is -2.23. The third kappa shape index (κ3) is 4.01. The van der Waals surface area contributed by atoms with E-state index in [1.807, 2.05) is 0 Å². The van der Waals surface area contributed by atoms with Crippen molar-refractivity contribution >= 4 is 33.6 Å². The molecule has 6 nitrogen and oxygen atoms in total. The molecule has 0 aliphatic heterocycles. The molecule has 1 rings (SSSR count). The Hall–Kier alpha value is -1.60. The Balaban J connectivity index is 3.10. The largest absolute Gasteiger partial charge is 0.480 e. The van der Waals surface area contributed by atoms with Crippen LogP contribution in [0.5, 0.6) is 0 Å². The number of hydrogen-bond acceptors (Lipinski definition) is 4. The van der Waals surface area contributed by atoms with Gasteiger partial charge in [0.15, 0.2) is 0 Å². The highest BCUT2D eigenvalue weighted by Gasteiger charge is 2.16. The summed E-state index contributed by atoms with van der Waals surface area (Å²) >= 11 is 3.28. The van der Waals surface area contributed by atoms with E-state index in [4.69, 9.17) is 15.9 Å². The predicted octanol–water partition coefficient (Wildman–Crippen LogP) is 0.883. The summed E-state index contributed by atoms with van der Waals surface area (Å²) in [7, 11) is 0. The molecule has 0 aliphatic carbocycles. The highest BCUT2D eigenvalue weighted by molar-refractivity contribution is 9.10. The maximum Gasteiger partial charge on any atom is 0.323 e. The Morgan fingerprint density at radius 1 is 1.22 bits per heavy atom. The zero-order valence-corrected chi connectivity index (χ0v) is 11.1. The zero-order chi connectivity index (χ0) is 13.7. The number of carboxylic acid groups (broad SMARTS) is 2. The molecule has 18 heavy (non-hydrogen) atoms. The second kappa shape index (κ2) is 6.36. The number of halogens is 1. The lowest BCUT2D eigenvalue weighted by atomic mass is 10.1. The molecule has 0 heterocycles. The van der Waals surface area contributed by atoms with E-state index in [2.05, 4.69) is 15.9 Å². The van der Waals surface area contributed by atoms with Gasteiger partial charge in [-0.1, -0.05) is 15.9 Å². The second-order valence-electron chi connectivity index (χ2n) is 3.62. The normalized spacial score (nSPS) is 10.1. The molecule has 1 aromatic rings. The topological polar surface area (TPSA) is 104 Å². The van der Waals surface area contributed by atoms with E-state index in [0.717, 1.165) is 4.47 Å². The van der Waals surface area contributed by atoms with Crippen molar-refractivity contribution in [1.29, 1.82) is 0 Å². The molecule has 0 aliphatic rings. The van der Waals surface area contributed by atoms with E-state index >= 15 is 0 Å². The van der Waals surface area contributed by atoms with Crippen molar-refractivity contribution in [2.75, 3.05) is 18.0 Å². The van der Waals surface area contributed by atoms with Gasteiger partial charge in [0.2, 0.25) is 0 Å². The molecule has 0 radical (unpaired) electrons. The Morgan fingerprint density at radius 3 is 2.22 bits per heavy atom. The standard InChI is InChI=1S/C11H13BrN2O4/c12-8-1-2-9(7(3-8)4-13)14(5-10(15)16)6-11(17)18/h1-3H,4-6,13H2,(H,15,16)(H,17,18). The van der Waals surface area contributed by atoms with E-state index in [1.165, 1.54) is 4.90 Å². The van der Waals surface area contributed by atoms with Crippen LogP contribution in [0.15, 0.2) is 22.7 Å². The lowest BCUT2D eigenvalue weighted by molar-refractivity contribution is -0.136. The monoisotopic (exact) mass is 316 g/mol. The highest BCUT2D eigenvalue weighted by Crippen LogP contribution is 2.24. The van der Waals surface area contributed by atoms with Crippen LogP contribution in [0.3, 0.4) is 0 Å². The van der Waals surface area contributed by atoms with Crippen LogP contribution >= 0.6 is 15.9 Å². The first-order chi connectivity index (χ1) is 8.43. The Kier molecular flexibility index (Phi) is 5.11. The SMILES string of the molecule is NCc1cc(Br)ccc1N(CC(=O)O)CC(=O)O. The minimum absolute atomic E-state index is 0.199. The quantitative estimate of drug-likeness (QED) is 0.720. The van der Waals surface area contributed by atoms with Gasteiger partial charge in [0, 0.05) is 16.7 Å². The van der Waals surface area contributed by atoms with Crippen molar-refractivity contribution in [3.8, 4) is 0 Å². The number of aliphatic carboxylic acids is 2.